The Kier molecular flexibility index (Phi) is 8.21. The van der Waals surface area contributed by atoms with Crippen molar-refractivity contribution in [2.45, 2.75) is 34.1 Å². The lowest BCUT2D eigenvalue weighted by Gasteiger charge is -2.22. The largest absolute Gasteiger partial charge is 0.490 e. The number of hydrogen-bond acceptors (Lipinski definition) is 6. The number of hydrogen-bond donors (Lipinski definition) is 0. The van der Waals surface area contributed by atoms with Crippen molar-refractivity contribution in [1.29, 1.82) is 0 Å². The van der Waals surface area contributed by atoms with E-state index < -0.39 is 5.41 Å². The van der Waals surface area contributed by atoms with Gasteiger partial charge in [-0.05, 0) is 57.1 Å². The molecule has 1 aromatic heterocycles. The van der Waals surface area contributed by atoms with Crippen molar-refractivity contribution in [1.82, 2.24) is 9.88 Å². The molecule has 172 valence electrons. The Morgan fingerprint density at radius 2 is 1.81 bits per heavy atom. The van der Waals surface area contributed by atoms with Gasteiger partial charge in [-0.25, -0.2) is 9.37 Å². The molecule has 0 fully saturated rings. The lowest BCUT2D eigenvalue weighted by Crippen LogP contribution is -2.33. The quantitative estimate of drug-likeness (QED) is 0.385. The standard InChI is InChI=1S/C25H31FN2O3S/c1-5-28(14-16-31-24(29)25(2,3)4)13-15-30-20-7-6-8-21-23(20)27-22(32-21)17-18-9-11-19(26)12-10-18/h6-12H,5,13-17H2,1-4H3. The van der Waals surface area contributed by atoms with E-state index in [2.05, 4.69) is 11.8 Å². The Hall–Kier alpha value is -2.51. The molecule has 0 bridgehead atoms. The molecule has 3 rings (SSSR count). The molecule has 0 spiro atoms. The van der Waals surface area contributed by atoms with E-state index in [0.29, 0.717) is 26.2 Å². The minimum absolute atomic E-state index is 0.184. The molecule has 5 nitrogen and oxygen atoms in total. The van der Waals surface area contributed by atoms with Crippen molar-refractivity contribution in [3.05, 3.63) is 58.9 Å². The third-order valence-corrected chi connectivity index (χ3v) is 6.08. The summed E-state index contributed by atoms with van der Waals surface area (Å²) < 4.78 is 25.6. The zero-order chi connectivity index (χ0) is 23.1. The molecule has 0 saturated heterocycles. The van der Waals surface area contributed by atoms with Gasteiger partial charge in [-0.1, -0.05) is 25.1 Å². The lowest BCUT2D eigenvalue weighted by molar-refractivity contribution is -0.153. The van der Waals surface area contributed by atoms with Crippen molar-refractivity contribution < 1.29 is 18.7 Å². The Morgan fingerprint density at radius 1 is 1.09 bits per heavy atom. The minimum atomic E-state index is -0.484. The zero-order valence-electron chi connectivity index (χ0n) is 19.2. The third kappa shape index (κ3) is 6.74. The van der Waals surface area contributed by atoms with Crippen LogP contribution in [0.5, 0.6) is 5.75 Å². The average Bonchev–Trinajstić information content (AvgIpc) is 3.16. The molecular weight excluding hydrogens is 427 g/mol. The molecule has 32 heavy (non-hydrogen) atoms. The van der Waals surface area contributed by atoms with Gasteiger partial charge in [-0.3, -0.25) is 9.69 Å². The first kappa shape index (κ1) is 24.1. The molecule has 0 saturated carbocycles. The Labute approximate surface area is 193 Å². The van der Waals surface area contributed by atoms with E-state index in [4.69, 9.17) is 14.5 Å². The molecule has 3 aromatic rings. The van der Waals surface area contributed by atoms with Gasteiger partial charge in [0.25, 0.3) is 0 Å². The van der Waals surface area contributed by atoms with Crippen LogP contribution >= 0.6 is 11.3 Å². The van der Waals surface area contributed by atoms with Crippen LogP contribution in [0.1, 0.15) is 38.3 Å². The maximum absolute atomic E-state index is 13.1. The SMILES string of the molecule is CCN(CCOC(=O)C(C)(C)C)CCOc1cccc2sc(Cc3ccc(F)cc3)nc12. The van der Waals surface area contributed by atoms with E-state index in [-0.39, 0.29) is 11.8 Å². The Balaban J connectivity index is 1.54. The van der Waals surface area contributed by atoms with Crippen LogP contribution in [0.3, 0.4) is 0 Å². The van der Waals surface area contributed by atoms with E-state index in [1.54, 1.807) is 23.5 Å². The third-order valence-electron chi connectivity index (χ3n) is 5.06. The molecule has 1 heterocycles. The summed E-state index contributed by atoms with van der Waals surface area (Å²) in [6, 6.07) is 12.5. The molecule has 0 N–H and O–H groups in total. The molecule has 0 aliphatic rings. The molecule has 0 radical (unpaired) electrons. The summed E-state index contributed by atoms with van der Waals surface area (Å²) in [6.07, 6.45) is 0.663. The van der Waals surface area contributed by atoms with Gasteiger partial charge >= 0.3 is 5.97 Å². The average molecular weight is 459 g/mol. The van der Waals surface area contributed by atoms with Crippen LogP contribution in [0, 0.1) is 11.2 Å². The van der Waals surface area contributed by atoms with Gasteiger partial charge in [0, 0.05) is 19.5 Å². The number of carbonyl (C=O) groups excluding carboxylic acids is 1. The number of thiazole rings is 1. The second-order valence-electron chi connectivity index (χ2n) is 8.68. The maximum Gasteiger partial charge on any atom is 0.311 e. The van der Waals surface area contributed by atoms with Crippen LogP contribution < -0.4 is 4.74 Å². The fraction of sp³-hybridized carbons (Fsp3) is 0.440. The monoisotopic (exact) mass is 458 g/mol. The van der Waals surface area contributed by atoms with Crippen molar-refractivity contribution in [3.63, 3.8) is 0 Å². The van der Waals surface area contributed by atoms with E-state index in [0.717, 1.165) is 39.6 Å². The first-order valence-electron chi connectivity index (χ1n) is 10.9. The molecular formula is C25H31FN2O3S. The number of likely N-dealkylation sites (N-methyl/N-ethyl adjacent to an activating group) is 1. The van der Waals surface area contributed by atoms with Gasteiger partial charge in [0.15, 0.2) is 0 Å². The molecule has 0 aliphatic heterocycles. The van der Waals surface area contributed by atoms with Crippen molar-refractivity contribution in [3.8, 4) is 5.75 Å². The van der Waals surface area contributed by atoms with Gasteiger partial charge in [0.1, 0.15) is 30.3 Å². The summed E-state index contributed by atoms with van der Waals surface area (Å²) in [7, 11) is 0. The van der Waals surface area contributed by atoms with Crippen LogP contribution in [0.15, 0.2) is 42.5 Å². The summed E-state index contributed by atoms with van der Waals surface area (Å²) in [6.45, 7) is 10.8. The summed E-state index contributed by atoms with van der Waals surface area (Å²) in [5.74, 6) is 0.345. The van der Waals surface area contributed by atoms with Gasteiger partial charge < -0.3 is 9.47 Å². The molecule has 7 heteroatoms. The number of ether oxygens (including phenoxy) is 2. The highest BCUT2D eigenvalue weighted by molar-refractivity contribution is 7.18. The number of rotatable bonds is 10. The number of para-hydroxylation sites is 1. The van der Waals surface area contributed by atoms with Gasteiger partial charge in [-0.2, -0.15) is 0 Å². The highest BCUT2D eigenvalue weighted by Gasteiger charge is 2.23. The second-order valence-corrected chi connectivity index (χ2v) is 9.80. The van der Waals surface area contributed by atoms with E-state index in [9.17, 15) is 9.18 Å². The predicted octanol–water partition coefficient (Wildman–Crippen LogP) is 5.32. The topological polar surface area (TPSA) is 51.7 Å². The highest BCUT2D eigenvalue weighted by atomic mass is 32.1. The van der Waals surface area contributed by atoms with Crippen LogP contribution in [0.2, 0.25) is 0 Å². The number of fused-ring (bicyclic) bond motifs is 1. The number of halogens is 1. The predicted molar refractivity (Wildman–Crippen MR) is 127 cm³/mol. The number of carbonyl (C=O) groups is 1. The summed E-state index contributed by atoms with van der Waals surface area (Å²) >= 11 is 1.63. The number of esters is 1. The van der Waals surface area contributed by atoms with Gasteiger partial charge in [0.2, 0.25) is 0 Å². The van der Waals surface area contributed by atoms with E-state index in [1.807, 2.05) is 39.0 Å². The van der Waals surface area contributed by atoms with Crippen molar-refractivity contribution >= 4 is 27.5 Å². The normalized spacial score (nSPS) is 11.8. The number of nitrogens with zero attached hydrogens (tertiary/aromatic N) is 2. The number of aromatic nitrogens is 1. The first-order chi connectivity index (χ1) is 15.3. The second kappa shape index (κ2) is 10.9. The van der Waals surface area contributed by atoms with Crippen LogP contribution in [0.4, 0.5) is 4.39 Å². The van der Waals surface area contributed by atoms with Crippen LogP contribution in [-0.2, 0) is 16.0 Å². The summed E-state index contributed by atoms with van der Waals surface area (Å²) in [5.41, 5.74) is 1.40. The van der Waals surface area contributed by atoms with Gasteiger partial charge in [-0.15, -0.1) is 11.3 Å². The molecule has 2 aromatic carbocycles. The van der Waals surface area contributed by atoms with Crippen molar-refractivity contribution in [2.75, 3.05) is 32.8 Å². The molecule has 0 unspecified atom stereocenters. The fourth-order valence-corrected chi connectivity index (χ4v) is 4.15. The van der Waals surface area contributed by atoms with Crippen molar-refractivity contribution in [2.24, 2.45) is 5.41 Å². The zero-order valence-corrected chi connectivity index (χ0v) is 20.0. The first-order valence-corrected chi connectivity index (χ1v) is 11.7. The molecule has 0 aliphatic carbocycles. The van der Waals surface area contributed by atoms with Gasteiger partial charge in [0.05, 0.1) is 15.1 Å². The van der Waals surface area contributed by atoms with E-state index >= 15 is 0 Å². The Bertz CT molecular complexity index is 1030. The summed E-state index contributed by atoms with van der Waals surface area (Å²) in [5, 5.41) is 0.971. The Morgan fingerprint density at radius 3 is 2.50 bits per heavy atom. The minimum Gasteiger partial charge on any atom is -0.490 e. The highest BCUT2D eigenvalue weighted by Crippen LogP contribution is 2.30. The number of benzene rings is 2. The smallest absolute Gasteiger partial charge is 0.311 e. The lowest BCUT2D eigenvalue weighted by atomic mass is 9.97. The molecule has 0 atom stereocenters. The van der Waals surface area contributed by atoms with E-state index in [1.165, 1.54) is 12.1 Å². The van der Waals surface area contributed by atoms with Crippen LogP contribution in [0.25, 0.3) is 10.2 Å². The maximum atomic E-state index is 13.1. The molecule has 0 amide bonds. The summed E-state index contributed by atoms with van der Waals surface area (Å²) in [4.78, 5) is 18.9. The fourth-order valence-electron chi connectivity index (χ4n) is 3.13. The van der Waals surface area contributed by atoms with Crippen LogP contribution in [-0.4, -0.2) is 48.7 Å².